The van der Waals surface area contributed by atoms with Crippen LogP contribution in [0, 0.1) is 16.7 Å². The summed E-state index contributed by atoms with van der Waals surface area (Å²) in [5.41, 5.74) is -0.464. The largest absolute Gasteiger partial charge is 0.342 e. The summed E-state index contributed by atoms with van der Waals surface area (Å²) in [5, 5.41) is 8.83. The van der Waals surface area contributed by atoms with Crippen molar-refractivity contribution >= 4 is 16.7 Å². The van der Waals surface area contributed by atoms with Crippen molar-refractivity contribution in [1.82, 2.24) is 4.90 Å². The van der Waals surface area contributed by atoms with Gasteiger partial charge >= 0.3 is 0 Å². The zero-order valence-electron chi connectivity index (χ0n) is 11.2. The van der Waals surface area contributed by atoms with Crippen LogP contribution in [0.1, 0.15) is 34.1 Å². The number of carbonyl (C=O) groups is 1. The summed E-state index contributed by atoms with van der Waals surface area (Å²) >= 11 is 0. The molecule has 0 saturated carbocycles. The van der Waals surface area contributed by atoms with Gasteiger partial charge < -0.3 is 4.90 Å². The molecule has 1 atom stereocenters. The minimum absolute atomic E-state index is 0.0666. The third-order valence-corrected chi connectivity index (χ3v) is 3.89. The highest BCUT2D eigenvalue weighted by Gasteiger charge is 2.19. The molecule has 0 aromatic carbocycles. The highest BCUT2D eigenvalue weighted by Crippen LogP contribution is 2.18. The van der Waals surface area contributed by atoms with Gasteiger partial charge in [0.2, 0.25) is 5.91 Å². The molecule has 0 fully saturated rings. The van der Waals surface area contributed by atoms with Gasteiger partial charge in [-0.3, -0.25) is 9.00 Å². The molecular weight excluding hydrogens is 236 g/mol. The van der Waals surface area contributed by atoms with Crippen molar-refractivity contribution in [3.8, 4) is 6.07 Å². The highest BCUT2D eigenvalue weighted by molar-refractivity contribution is 7.85. The molecule has 0 spiro atoms. The third-order valence-electron chi connectivity index (χ3n) is 2.66. The summed E-state index contributed by atoms with van der Waals surface area (Å²) in [4.78, 5) is 13.4. The fraction of sp³-hybridized carbons (Fsp3) is 0.833. The van der Waals surface area contributed by atoms with Crippen LogP contribution < -0.4 is 0 Å². The second kappa shape index (κ2) is 7.44. The van der Waals surface area contributed by atoms with Crippen molar-refractivity contribution in [2.45, 2.75) is 34.1 Å². The van der Waals surface area contributed by atoms with Crippen LogP contribution in [0.25, 0.3) is 0 Å². The minimum Gasteiger partial charge on any atom is -0.342 e. The fourth-order valence-corrected chi connectivity index (χ4v) is 2.64. The maximum absolute atomic E-state index is 11.7. The van der Waals surface area contributed by atoms with E-state index in [4.69, 9.17) is 5.26 Å². The second-order valence-electron chi connectivity index (χ2n) is 4.60. The lowest BCUT2D eigenvalue weighted by Gasteiger charge is -2.19. The van der Waals surface area contributed by atoms with Crippen LogP contribution in [-0.2, 0) is 15.6 Å². The maximum Gasteiger partial charge on any atom is 0.235 e. The number of hydrogen-bond donors (Lipinski definition) is 0. The minimum atomic E-state index is -1.16. The molecule has 0 rings (SSSR count). The molecule has 0 bridgehead atoms. The monoisotopic (exact) mass is 258 g/mol. The van der Waals surface area contributed by atoms with E-state index >= 15 is 0 Å². The number of amides is 1. The first kappa shape index (κ1) is 16.1. The lowest BCUT2D eigenvalue weighted by molar-refractivity contribution is -0.128. The second-order valence-corrected chi connectivity index (χ2v) is 6.18. The van der Waals surface area contributed by atoms with E-state index in [1.165, 1.54) is 0 Å². The number of rotatable bonds is 7. The smallest absolute Gasteiger partial charge is 0.235 e. The van der Waals surface area contributed by atoms with E-state index in [9.17, 15) is 9.00 Å². The molecule has 1 unspecified atom stereocenters. The van der Waals surface area contributed by atoms with E-state index in [1.54, 1.807) is 4.90 Å². The van der Waals surface area contributed by atoms with Crippen LogP contribution in [-0.4, -0.2) is 39.6 Å². The Morgan fingerprint density at radius 3 is 2.29 bits per heavy atom. The van der Waals surface area contributed by atoms with Gasteiger partial charge in [-0.25, -0.2) is 0 Å². The van der Waals surface area contributed by atoms with Crippen molar-refractivity contribution < 1.29 is 9.00 Å². The van der Waals surface area contributed by atoms with Crippen LogP contribution in [0.4, 0.5) is 0 Å². The first-order valence-electron chi connectivity index (χ1n) is 5.90. The lowest BCUT2D eigenvalue weighted by atomic mass is 9.93. The summed E-state index contributed by atoms with van der Waals surface area (Å²) in [6.07, 6.45) is 0.557. The van der Waals surface area contributed by atoms with Gasteiger partial charge in [-0.1, -0.05) is 0 Å². The van der Waals surface area contributed by atoms with E-state index in [2.05, 4.69) is 6.07 Å². The summed E-state index contributed by atoms with van der Waals surface area (Å²) in [7, 11) is -1.16. The Morgan fingerprint density at radius 1 is 1.35 bits per heavy atom. The molecule has 0 saturated heterocycles. The van der Waals surface area contributed by atoms with Gasteiger partial charge in [0.05, 0.1) is 11.5 Å². The molecule has 0 aromatic rings. The standard InChI is InChI=1S/C12H22N2O2S/c1-5-14(6-2)11(15)9-17(16)8-7-12(3,4)10-13/h5-9H2,1-4H3. The average molecular weight is 258 g/mol. The topological polar surface area (TPSA) is 61.2 Å². The van der Waals surface area contributed by atoms with E-state index < -0.39 is 16.2 Å². The summed E-state index contributed by atoms with van der Waals surface area (Å²) in [6, 6.07) is 2.17. The van der Waals surface area contributed by atoms with Crippen LogP contribution >= 0.6 is 0 Å². The number of hydrogen-bond acceptors (Lipinski definition) is 3. The zero-order chi connectivity index (χ0) is 13.5. The molecular formula is C12H22N2O2S. The Balaban J connectivity index is 4.12. The summed E-state index contributed by atoms with van der Waals surface area (Å²) in [6.45, 7) is 8.74. The fourth-order valence-electron chi connectivity index (χ4n) is 1.30. The maximum atomic E-state index is 11.7. The molecule has 0 radical (unpaired) electrons. The number of nitriles is 1. The van der Waals surface area contributed by atoms with Crippen molar-refractivity contribution in [1.29, 1.82) is 5.26 Å². The van der Waals surface area contributed by atoms with Gasteiger partial charge in [0, 0.05) is 29.6 Å². The first-order chi connectivity index (χ1) is 7.86. The Morgan fingerprint density at radius 2 is 1.88 bits per heavy atom. The molecule has 1 amide bonds. The summed E-state index contributed by atoms with van der Waals surface area (Å²) < 4.78 is 11.7. The quantitative estimate of drug-likeness (QED) is 0.696. The van der Waals surface area contributed by atoms with E-state index in [0.29, 0.717) is 25.3 Å². The normalized spacial score (nSPS) is 12.9. The van der Waals surface area contributed by atoms with E-state index in [-0.39, 0.29) is 11.7 Å². The highest BCUT2D eigenvalue weighted by atomic mass is 32.2. The lowest BCUT2D eigenvalue weighted by Crippen LogP contribution is -2.34. The molecule has 98 valence electrons. The molecule has 0 heterocycles. The Hall–Kier alpha value is -0.890. The van der Waals surface area contributed by atoms with Crippen molar-refractivity contribution in [2.75, 3.05) is 24.6 Å². The van der Waals surface area contributed by atoms with E-state index in [0.717, 1.165) is 0 Å². The van der Waals surface area contributed by atoms with Gasteiger partial charge in [-0.15, -0.1) is 0 Å². The number of carbonyl (C=O) groups excluding carboxylic acids is 1. The van der Waals surface area contributed by atoms with E-state index in [1.807, 2.05) is 27.7 Å². The molecule has 17 heavy (non-hydrogen) atoms. The molecule has 0 aromatic heterocycles. The molecule has 0 N–H and O–H groups in total. The molecule has 0 aliphatic carbocycles. The molecule has 4 nitrogen and oxygen atoms in total. The van der Waals surface area contributed by atoms with Gasteiger partial charge in [-0.2, -0.15) is 5.26 Å². The average Bonchev–Trinajstić information content (AvgIpc) is 2.28. The zero-order valence-corrected chi connectivity index (χ0v) is 12.0. The van der Waals surface area contributed by atoms with Crippen molar-refractivity contribution in [2.24, 2.45) is 5.41 Å². The van der Waals surface area contributed by atoms with Crippen molar-refractivity contribution in [3.63, 3.8) is 0 Å². The third kappa shape index (κ3) is 6.42. The predicted octanol–water partition coefficient (Wildman–Crippen LogP) is 1.54. The predicted molar refractivity (Wildman–Crippen MR) is 69.8 cm³/mol. The first-order valence-corrected chi connectivity index (χ1v) is 7.39. The number of nitrogens with zero attached hydrogens (tertiary/aromatic N) is 2. The van der Waals surface area contributed by atoms with Gasteiger partial charge in [0.25, 0.3) is 0 Å². The summed E-state index contributed by atoms with van der Waals surface area (Å²) in [5.74, 6) is 0.416. The Kier molecular flexibility index (Phi) is 7.05. The Labute approximate surface area is 106 Å². The van der Waals surface area contributed by atoms with Crippen LogP contribution in [0.2, 0.25) is 0 Å². The SMILES string of the molecule is CCN(CC)C(=O)CS(=O)CCC(C)(C)C#N. The Bertz CT molecular complexity index is 317. The van der Waals surface area contributed by atoms with Gasteiger partial charge in [-0.05, 0) is 34.1 Å². The van der Waals surface area contributed by atoms with Crippen LogP contribution in [0.5, 0.6) is 0 Å². The van der Waals surface area contributed by atoms with Crippen LogP contribution in [0.15, 0.2) is 0 Å². The molecule has 0 aliphatic rings. The van der Waals surface area contributed by atoms with Gasteiger partial charge in [0.1, 0.15) is 5.75 Å². The van der Waals surface area contributed by atoms with Crippen molar-refractivity contribution in [3.05, 3.63) is 0 Å². The van der Waals surface area contributed by atoms with Crippen LogP contribution in [0.3, 0.4) is 0 Å². The molecule has 5 heteroatoms. The van der Waals surface area contributed by atoms with Gasteiger partial charge in [0.15, 0.2) is 0 Å². The molecule has 0 aliphatic heterocycles.